The molecule has 0 spiro atoms. The van der Waals surface area contributed by atoms with Gasteiger partial charge in [0.25, 0.3) is 0 Å². The van der Waals surface area contributed by atoms with Crippen molar-refractivity contribution in [3.05, 3.63) is 42.6 Å². The molecule has 84 valence electrons. The lowest BCUT2D eigenvalue weighted by molar-refractivity contribution is 1.13. The van der Waals surface area contributed by atoms with Crippen LogP contribution in [0.5, 0.6) is 0 Å². The zero-order chi connectivity index (χ0) is 11.5. The summed E-state index contributed by atoms with van der Waals surface area (Å²) in [6.07, 6.45) is 1.76. The minimum atomic E-state index is 0.727. The van der Waals surface area contributed by atoms with Gasteiger partial charge in [-0.25, -0.2) is 4.98 Å². The van der Waals surface area contributed by atoms with Crippen molar-refractivity contribution >= 4 is 60.6 Å². The van der Waals surface area contributed by atoms with Gasteiger partial charge in [-0.1, -0.05) is 11.6 Å². The molecule has 0 bridgehead atoms. The standard InChI is InChI=1S/C10H7Br2ClN2S/c11-6-3-8(12)10(14-4-6)15-5-7-1-2-9(13)16-7/h1-4H,5H2,(H,14,15). The van der Waals surface area contributed by atoms with Crippen LogP contribution >= 0.6 is 54.8 Å². The number of nitrogens with one attached hydrogen (secondary N) is 1. The first kappa shape index (κ1) is 12.4. The molecule has 0 fully saturated rings. The van der Waals surface area contributed by atoms with E-state index in [1.54, 1.807) is 17.5 Å². The van der Waals surface area contributed by atoms with Crippen LogP contribution in [0.2, 0.25) is 4.34 Å². The van der Waals surface area contributed by atoms with Crippen LogP contribution in [0.1, 0.15) is 4.88 Å². The first-order valence-corrected chi connectivity index (χ1v) is 7.22. The van der Waals surface area contributed by atoms with Gasteiger partial charge < -0.3 is 5.32 Å². The second-order valence-electron chi connectivity index (χ2n) is 3.04. The number of aromatic nitrogens is 1. The molecule has 0 saturated heterocycles. The number of pyridine rings is 1. The third kappa shape index (κ3) is 3.20. The summed E-state index contributed by atoms with van der Waals surface area (Å²) in [5.41, 5.74) is 0. The lowest BCUT2D eigenvalue weighted by Crippen LogP contribution is -2.00. The maximum absolute atomic E-state index is 5.85. The van der Waals surface area contributed by atoms with E-state index in [0.29, 0.717) is 0 Å². The van der Waals surface area contributed by atoms with Gasteiger partial charge in [-0.3, -0.25) is 0 Å². The predicted octanol–water partition coefficient (Wildman–Crippen LogP) is 4.93. The SMILES string of the molecule is Clc1ccc(CNc2ncc(Br)cc2Br)s1. The molecule has 0 atom stereocenters. The number of halogens is 3. The van der Waals surface area contributed by atoms with Crippen molar-refractivity contribution in [2.24, 2.45) is 0 Å². The Morgan fingerprint density at radius 1 is 1.38 bits per heavy atom. The molecule has 0 radical (unpaired) electrons. The second kappa shape index (κ2) is 5.49. The van der Waals surface area contributed by atoms with E-state index in [2.05, 4.69) is 42.2 Å². The van der Waals surface area contributed by atoms with Crippen LogP contribution < -0.4 is 5.32 Å². The fourth-order valence-corrected chi connectivity index (χ4v) is 3.32. The molecule has 1 N–H and O–H groups in total. The van der Waals surface area contributed by atoms with Crippen molar-refractivity contribution in [2.45, 2.75) is 6.54 Å². The minimum Gasteiger partial charge on any atom is -0.364 e. The monoisotopic (exact) mass is 380 g/mol. The van der Waals surface area contributed by atoms with Crippen molar-refractivity contribution in [1.29, 1.82) is 0 Å². The molecule has 0 aromatic carbocycles. The first-order chi connectivity index (χ1) is 7.65. The van der Waals surface area contributed by atoms with E-state index in [1.165, 1.54) is 4.88 Å². The Balaban J connectivity index is 2.04. The van der Waals surface area contributed by atoms with E-state index in [1.807, 2.05) is 18.2 Å². The quantitative estimate of drug-likeness (QED) is 0.814. The van der Waals surface area contributed by atoms with E-state index < -0.39 is 0 Å². The third-order valence-corrected chi connectivity index (χ3v) is 4.14. The highest BCUT2D eigenvalue weighted by Gasteiger charge is 2.03. The van der Waals surface area contributed by atoms with Gasteiger partial charge in [-0.2, -0.15) is 0 Å². The molecule has 0 aliphatic carbocycles. The third-order valence-electron chi connectivity index (χ3n) is 1.87. The maximum Gasteiger partial charge on any atom is 0.140 e. The average Bonchev–Trinajstić information content (AvgIpc) is 2.63. The number of nitrogens with zero attached hydrogens (tertiary/aromatic N) is 1. The van der Waals surface area contributed by atoms with Gasteiger partial charge in [-0.15, -0.1) is 11.3 Å². The van der Waals surface area contributed by atoms with E-state index >= 15 is 0 Å². The van der Waals surface area contributed by atoms with Crippen molar-refractivity contribution in [3.8, 4) is 0 Å². The van der Waals surface area contributed by atoms with E-state index in [9.17, 15) is 0 Å². The molecular weight excluding hydrogens is 375 g/mol. The molecule has 0 aliphatic rings. The minimum absolute atomic E-state index is 0.727. The summed E-state index contributed by atoms with van der Waals surface area (Å²) in [6.45, 7) is 0.727. The van der Waals surface area contributed by atoms with Gasteiger partial charge >= 0.3 is 0 Å². The Bertz CT molecular complexity index is 501. The van der Waals surface area contributed by atoms with Gasteiger partial charge in [0.1, 0.15) is 5.82 Å². The number of thiophene rings is 1. The summed E-state index contributed by atoms with van der Waals surface area (Å²) < 4.78 is 2.69. The number of hydrogen-bond acceptors (Lipinski definition) is 3. The van der Waals surface area contributed by atoms with Crippen LogP contribution in [0.25, 0.3) is 0 Å². The number of anilines is 1. The Hall–Kier alpha value is -0.100. The number of hydrogen-bond donors (Lipinski definition) is 1. The lowest BCUT2D eigenvalue weighted by Gasteiger charge is -2.06. The molecule has 2 nitrogen and oxygen atoms in total. The normalized spacial score (nSPS) is 10.4. The van der Waals surface area contributed by atoms with Crippen LogP contribution in [0.15, 0.2) is 33.3 Å². The molecule has 16 heavy (non-hydrogen) atoms. The highest BCUT2D eigenvalue weighted by atomic mass is 79.9. The topological polar surface area (TPSA) is 24.9 Å². The molecule has 0 amide bonds. The van der Waals surface area contributed by atoms with E-state index in [-0.39, 0.29) is 0 Å². The predicted molar refractivity (Wildman–Crippen MR) is 76.3 cm³/mol. The van der Waals surface area contributed by atoms with Crippen molar-refractivity contribution in [1.82, 2.24) is 4.98 Å². The van der Waals surface area contributed by atoms with Crippen LogP contribution in [0.3, 0.4) is 0 Å². The van der Waals surface area contributed by atoms with Gasteiger partial charge in [0.15, 0.2) is 0 Å². The maximum atomic E-state index is 5.85. The summed E-state index contributed by atoms with van der Waals surface area (Å²) in [6, 6.07) is 5.86. The highest BCUT2D eigenvalue weighted by molar-refractivity contribution is 9.11. The van der Waals surface area contributed by atoms with Gasteiger partial charge in [0.05, 0.1) is 15.4 Å². The van der Waals surface area contributed by atoms with Crippen LogP contribution in [-0.4, -0.2) is 4.98 Å². The summed E-state index contributed by atoms with van der Waals surface area (Å²) in [5, 5.41) is 3.24. The first-order valence-electron chi connectivity index (χ1n) is 4.44. The fraction of sp³-hybridized carbons (Fsp3) is 0.100. The van der Waals surface area contributed by atoms with Gasteiger partial charge in [0.2, 0.25) is 0 Å². The highest BCUT2D eigenvalue weighted by Crippen LogP contribution is 2.26. The molecule has 0 unspecified atom stereocenters. The summed E-state index contributed by atoms with van der Waals surface area (Å²) in [5.74, 6) is 0.827. The summed E-state index contributed by atoms with van der Waals surface area (Å²) >= 11 is 14.2. The zero-order valence-electron chi connectivity index (χ0n) is 8.01. The second-order valence-corrected chi connectivity index (χ2v) is 6.61. The molecular formula is C10H7Br2ClN2S. The van der Waals surface area contributed by atoms with Gasteiger partial charge in [-0.05, 0) is 50.1 Å². The number of rotatable bonds is 3. The van der Waals surface area contributed by atoms with Crippen molar-refractivity contribution in [2.75, 3.05) is 5.32 Å². The molecule has 2 aromatic heterocycles. The van der Waals surface area contributed by atoms with Crippen LogP contribution in [-0.2, 0) is 6.54 Å². The smallest absolute Gasteiger partial charge is 0.140 e. The molecule has 2 rings (SSSR count). The molecule has 2 aromatic rings. The molecule has 0 saturated carbocycles. The van der Waals surface area contributed by atoms with Gasteiger partial charge in [0, 0.05) is 15.5 Å². The Labute approximate surface area is 119 Å². The summed E-state index contributed by atoms with van der Waals surface area (Å²) in [4.78, 5) is 5.45. The van der Waals surface area contributed by atoms with Crippen molar-refractivity contribution < 1.29 is 0 Å². The largest absolute Gasteiger partial charge is 0.364 e. The Morgan fingerprint density at radius 3 is 2.81 bits per heavy atom. The van der Waals surface area contributed by atoms with E-state index in [4.69, 9.17) is 11.6 Å². The zero-order valence-corrected chi connectivity index (χ0v) is 12.8. The Kier molecular flexibility index (Phi) is 4.24. The Morgan fingerprint density at radius 2 is 2.19 bits per heavy atom. The molecule has 0 aliphatic heterocycles. The fourth-order valence-electron chi connectivity index (χ4n) is 1.16. The average molecular weight is 383 g/mol. The lowest BCUT2D eigenvalue weighted by atomic mass is 10.4. The van der Waals surface area contributed by atoms with E-state index in [0.717, 1.165) is 25.6 Å². The molecule has 2 heterocycles. The summed E-state index contributed by atoms with van der Waals surface area (Å²) in [7, 11) is 0. The van der Waals surface area contributed by atoms with Crippen molar-refractivity contribution in [3.63, 3.8) is 0 Å². The molecule has 6 heteroatoms. The van der Waals surface area contributed by atoms with Crippen LogP contribution in [0.4, 0.5) is 5.82 Å². The van der Waals surface area contributed by atoms with Crippen LogP contribution in [0, 0.1) is 0 Å².